The zero-order chi connectivity index (χ0) is 40.3. The molecule has 0 aliphatic carbocycles. The maximum absolute atomic E-state index is 15.1. The lowest BCUT2D eigenvalue weighted by Gasteiger charge is -2.36. The monoisotopic (exact) mass is 842 g/mol. The highest BCUT2D eigenvalue weighted by Gasteiger charge is 2.29. The van der Waals surface area contributed by atoms with E-state index in [-0.39, 0.29) is 100 Å². The van der Waals surface area contributed by atoms with Crippen LogP contribution in [-0.4, -0.2) is 113 Å². The number of nitrogen functional groups attached to an aromatic ring is 1. The van der Waals surface area contributed by atoms with E-state index < -0.39 is 23.7 Å². The van der Waals surface area contributed by atoms with Crippen molar-refractivity contribution in [2.75, 3.05) is 64.8 Å². The Hall–Kier alpha value is -6.20. The summed E-state index contributed by atoms with van der Waals surface area (Å²) in [6, 6.07) is 22.0. The van der Waals surface area contributed by atoms with E-state index >= 15 is 4.39 Å². The molecule has 2 aromatic heterocycles. The van der Waals surface area contributed by atoms with Crippen LogP contribution in [0.5, 0.6) is 0 Å². The summed E-state index contributed by atoms with van der Waals surface area (Å²) in [5, 5.41) is 10.5. The van der Waals surface area contributed by atoms with E-state index in [1.807, 2.05) is 30.3 Å². The van der Waals surface area contributed by atoms with Gasteiger partial charge in [0.2, 0.25) is 5.91 Å². The van der Waals surface area contributed by atoms with Crippen LogP contribution in [0.4, 0.5) is 14.9 Å². The van der Waals surface area contributed by atoms with E-state index in [4.69, 9.17) is 15.2 Å². The molecule has 57 heavy (non-hydrogen) atoms. The number of benzene rings is 3. The third-order valence-corrected chi connectivity index (χ3v) is 9.69. The molecule has 1 fully saturated rings. The van der Waals surface area contributed by atoms with Crippen molar-refractivity contribution in [3.05, 3.63) is 134 Å². The van der Waals surface area contributed by atoms with Gasteiger partial charge in [-0.15, -0.1) is 0 Å². The average Bonchev–Trinajstić information content (AvgIpc) is 3.22. The number of ether oxygens (including phenoxy) is 2. The van der Waals surface area contributed by atoms with Crippen LogP contribution in [0.2, 0.25) is 0 Å². The second-order valence-corrected chi connectivity index (χ2v) is 14.0. The van der Waals surface area contributed by atoms with E-state index in [0.717, 1.165) is 5.56 Å². The summed E-state index contributed by atoms with van der Waals surface area (Å²) in [4.78, 5) is 73.2. The van der Waals surface area contributed by atoms with Crippen LogP contribution >= 0.6 is 15.9 Å². The van der Waals surface area contributed by atoms with E-state index in [1.165, 1.54) is 28.1 Å². The molecule has 1 saturated heterocycles. The number of carbonyl (C=O) groups excluding carboxylic acids is 4. The first-order valence-corrected chi connectivity index (χ1v) is 18.9. The molecule has 296 valence electrons. The van der Waals surface area contributed by atoms with Gasteiger partial charge in [0.05, 0.1) is 35.5 Å². The molecule has 4 N–H and O–H groups in total. The number of nitrogens with zero attached hydrogens (tertiary/aromatic N) is 5. The summed E-state index contributed by atoms with van der Waals surface area (Å²) in [6.45, 7) is 0.652. The fraction of sp³-hybridized carbons (Fsp3) is 0.275. The molecular formula is C40H40BrFN8O7. The lowest BCUT2D eigenvalue weighted by molar-refractivity contribution is -0.133. The number of H-pyrrole nitrogens is 1. The zero-order valence-corrected chi connectivity index (χ0v) is 32.4. The lowest BCUT2D eigenvalue weighted by atomic mass is 10.0. The van der Waals surface area contributed by atoms with Gasteiger partial charge in [0.15, 0.2) is 5.69 Å². The van der Waals surface area contributed by atoms with Crippen LogP contribution in [0.3, 0.4) is 0 Å². The number of halogens is 2. The number of aromatic nitrogens is 3. The summed E-state index contributed by atoms with van der Waals surface area (Å²) in [7, 11) is 0. The Bertz CT molecular complexity index is 2300. The van der Waals surface area contributed by atoms with Crippen LogP contribution in [0, 0.1) is 5.82 Å². The molecule has 0 bridgehead atoms. The van der Waals surface area contributed by atoms with Crippen molar-refractivity contribution >= 4 is 56.2 Å². The Morgan fingerprint density at radius 1 is 0.912 bits per heavy atom. The number of rotatable bonds is 14. The molecule has 17 heteroatoms. The Morgan fingerprint density at radius 2 is 1.63 bits per heavy atom. The van der Waals surface area contributed by atoms with Crippen molar-refractivity contribution < 1.29 is 33.0 Å². The second kappa shape index (κ2) is 19.1. The number of hydrogen-bond acceptors (Lipinski definition) is 10. The molecule has 0 saturated carbocycles. The first-order chi connectivity index (χ1) is 27.6. The summed E-state index contributed by atoms with van der Waals surface area (Å²) in [5.74, 6) is -2.02. The first kappa shape index (κ1) is 40.5. The first-order valence-electron chi connectivity index (χ1n) is 18.1. The summed E-state index contributed by atoms with van der Waals surface area (Å²) in [6.07, 6.45) is 1.01. The predicted molar refractivity (Wildman–Crippen MR) is 212 cm³/mol. The molecule has 1 aliphatic rings. The van der Waals surface area contributed by atoms with Gasteiger partial charge < -0.3 is 30.3 Å². The molecule has 0 atom stereocenters. The SMILES string of the molecule is Nc1cc(Br)cnc1C(=O)NCCOCCN(CC(=O)N1CCN(C(=O)c2cc(Cc3n[nH]c(=O)c4ccccc34)ccc2F)CC1)C(=O)OCc1ccccc1. The van der Waals surface area contributed by atoms with Crippen molar-refractivity contribution in [3.63, 3.8) is 0 Å². The van der Waals surface area contributed by atoms with E-state index in [2.05, 4.69) is 36.4 Å². The third kappa shape index (κ3) is 10.6. The molecule has 3 heterocycles. The number of pyridine rings is 1. The van der Waals surface area contributed by atoms with Gasteiger partial charge in [0.1, 0.15) is 19.0 Å². The van der Waals surface area contributed by atoms with E-state index in [0.29, 0.717) is 26.5 Å². The number of nitrogens with two attached hydrogens (primary N) is 1. The van der Waals surface area contributed by atoms with Gasteiger partial charge in [-0.1, -0.05) is 54.6 Å². The summed E-state index contributed by atoms with van der Waals surface area (Å²) >= 11 is 3.25. The van der Waals surface area contributed by atoms with Crippen LogP contribution in [-0.2, 0) is 27.3 Å². The number of aromatic amines is 1. The molecule has 6 rings (SSSR count). The van der Waals surface area contributed by atoms with Crippen LogP contribution in [0.15, 0.2) is 94.3 Å². The number of piperazine rings is 1. The Kier molecular flexibility index (Phi) is 13.6. The maximum atomic E-state index is 15.1. The van der Waals surface area contributed by atoms with Gasteiger partial charge in [-0.05, 0) is 51.3 Å². The van der Waals surface area contributed by atoms with E-state index in [9.17, 15) is 24.0 Å². The fourth-order valence-corrected chi connectivity index (χ4v) is 6.57. The fourth-order valence-electron chi connectivity index (χ4n) is 6.23. The molecule has 4 amide bonds. The summed E-state index contributed by atoms with van der Waals surface area (Å²) in [5.41, 5.74) is 7.74. The molecular weight excluding hydrogens is 803 g/mol. The maximum Gasteiger partial charge on any atom is 0.410 e. The van der Waals surface area contributed by atoms with Gasteiger partial charge in [0.25, 0.3) is 17.4 Å². The minimum Gasteiger partial charge on any atom is -0.445 e. The Morgan fingerprint density at radius 3 is 2.39 bits per heavy atom. The lowest BCUT2D eigenvalue weighted by Crippen LogP contribution is -2.53. The van der Waals surface area contributed by atoms with Gasteiger partial charge in [-0.25, -0.2) is 19.3 Å². The second-order valence-electron chi connectivity index (χ2n) is 13.1. The Labute approximate surface area is 335 Å². The van der Waals surface area contributed by atoms with Gasteiger partial charge >= 0.3 is 6.09 Å². The number of fused-ring (bicyclic) bond motifs is 1. The Balaban J connectivity index is 1.02. The quantitative estimate of drug-likeness (QED) is 0.139. The van der Waals surface area contributed by atoms with E-state index in [1.54, 1.807) is 41.3 Å². The van der Waals surface area contributed by atoms with Crippen molar-refractivity contribution in [1.82, 2.24) is 35.2 Å². The van der Waals surface area contributed by atoms with Gasteiger partial charge in [-0.2, -0.15) is 5.10 Å². The highest BCUT2D eigenvalue weighted by atomic mass is 79.9. The molecule has 15 nitrogen and oxygen atoms in total. The molecule has 0 radical (unpaired) electrons. The third-order valence-electron chi connectivity index (χ3n) is 9.25. The number of anilines is 1. The molecule has 0 spiro atoms. The normalized spacial score (nSPS) is 12.7. The predicted octanol–water partition coefficient (Wildman–Crippen LogP) is 3.76. The van der Waals surface area contributed by atoms with Crippen LogP contribution in [0.1, 0.15) is 37.7 Å². The molecule has 5 aromatic rings. The zero-order valence-electron chi connectivity index (χ0n) is 30.8. The number of nitrogens with one attached hydrogen (secondary N) is 2. The van der Waals surface area contributed by atoms with Crippen LogP contribution < -0.4 is 16.6 Å². The summed E-state index contributed by atoms with van der Waals surface area (Å²) < 4.78 is 26.9. The largest absolute Gasteiger partial charge is 0.445 e. The van der Waals surface area contributed by atoms with Crippen molar-refractivity contribution in [2.24, 2.45) is 0 Å². The van der Waals surface area contributed by atoms with Gasteiger partial charge in [-0.3, -0.25) is 24.1 Å². The molecule has 3 aromatic carbocycles. The topological polar surface area (TPSA) is 193 Å². The smallest absolute Gasteiger partial charge is 0.410 e. The molecule has 1 aliphatic heterocycles. The average molecular weight is 844 g/mol. The van der Waals surface area contributed by atoms with Crippen molar-refractivity contribution in [1.29, 1.82) is 0 Å². The van der Waals surface area contributed by atoms with Crippen molar-refractivity contribution in [2.45, 2.75) is 13.0 Å². The van der Waals surface area contributed by atoms with Crippen LogP contribution in [0.25, 0.3) is 10.8 Å². The highest BCUT2D eigenvalue weighted by Crippen LogP contribution is 2.21. The minimum absolute atomic E-state index is 0.000982. The minimum atomic E-state index is -0.713. The standard InChI is InChI=1S/C40H40BrFN8O7/c41-28-22-33(43)36(45-23-28)38(53)44-12-18-56-19-17-50(40(55)57-25-26-6-2-1-3-7-26)24-35(51)48-13-15-49(16-14-48)39(54)31-20-27(10-11-32(31)42)21-34-29-8-4-5-9-30(29)37(52)47-46-34/h1-11,20,22-23H,12-19,21,24-25,43H2,(H,44,53)(H,47,52). The van der Waals surface area contributed by atoms with Crippen molar-refractivity contribution in [3.8, 4) is 0 Å². The molecule has 0 unspecified atom stereocenters. The number of carbonyl (C=O) groups is 4. The highest BCUT2D eigenvalue weighted by molar-refractivity contribution is 9.10. The number of hydrogen-bond donors (Lipinski definition) is 3. The van der Waals surface area contributed by atoms with Gasteiger partial charge in [0, 0.05) is 61.7 Å². The number of amides is 4.